The summed E-state index contributed by atoms with van der Waals surface area (Å²) < 4.78 is 65.7. The number of benzene rings is 2. The molecular formula is C17H18Cl2F3N3O4S. The molecule has 13 heteroatoms. The third-order valence-corrected chi connectivity index (χ3v) is 6.45. The highest BCUT2D eigenvalue weighted by Crippen LogP contribution is 2.36. The number of sulfonamides is 1. The maximum absolute atomic E-state index is 13.0. The van der Waals surface area contributed by atoms with Gasteiger partial charge >= 0.3 is 6.18 Å². The van der Waals surface area contributed by atoms with Crippen LogP contribution >= 0.6 is 24.0 Å². The molecule has 2 rings (SSSR count). The molecule has 30 heavy (non-hydrogen) atoms. The fraction of sp³-hybridized carbons (Fsp3) is 0.294. The molecule has 1 atom stereocenters. The summed E-state index contributed by atoms with van der Waals surface area (Å²) in [5, 5.41) is 10.2. The van der Waals surface area contributed by atoms with E-state index in [2.05, 4.69) is 0 Å². The van der Waals surface area contributed by atoms with Crippen molar-refractivity contribution in [3.8, 4) is 0 Å². The van der Waals surface area contributed by atoms with Crippen molar-refractivity contribution in [1.82, 2.24) is 4.31 Å². The van der Waals surface area contributed by atoms with E-state index in [4.69, 9.17) is 17.3 Å². The number of nitrogens with zero attached hydrogens (tertiary/aromatic N) is 2. The number of non-ortho nitro benzene ring substituents is 1. The number of nitrogens with two attached hydrogens (primary N) is 1. The predicted octanol–water partition coefficient (Wildman–Crippen LogP) is 4.40. The number of hydrogen-bond acceptors (Lipinski definition) is 5. The predicted molar refractivity (Wildman–Crippen MR) is 108 cm³/mol. The monoisotopic (exact) mass is 487 g/mol. The standard InChI is InChI=1S/C17H17ClF3N3O4S.ClH/c1-2-23(29(27,28)13-6-4-12(5-7-13)24(25)26)10-16(22)11-3-8-15(18)14(9-11)17(19,20)21;/h3-9,16H,2,10,22H2,1H3;1H/t16-;/m0./s1. The fourth-order valence-corrected chi connectivity index (χ4v) is 4.30. The van der Waals surface area contributed by atoms with Gasteiger partial charge in [0.2, 0.25) is 10.0 Å². The van der Waals surface area contributed by atoms with Crippen molar-refractivity contribution in [3.05, 3.63) is 68.7 Å². The van der Waals surface area contributed by atoms with Crippen LogP contribution in [0.4, 0.5) is 18.9 Å². The molecule has 0 fully saturated rings. The van der Waals surface area contributed by atoms with E-state index >= 15 is 0 Å². The third-order valence-electron chi connectivity index (χ3n) is 4.16. The van der Waals surface area contributed by atoms with Crippen molar-refractivity contribution in [3.63, 3.8) is 0 Å². The summed E-state index contributed by atoms with van der Waals surface area (Å²) in [7, 11) is -4.06. The highest BCUT2D eigenvalue weighted by Gasteiger charge is 2.34. The molecule has 0 unspecified atom stereocenters. The van der Waals surface area contributed by atoms with E-state index in [9.17, 15) is 31.7 Å². The lowest BCUT2D eigenvalue weighted by Gasteiger charge is -2.24. The molecule has 2 aromatic rings. The number of hydrogen-bond donors (Lipinski definition) is 1. The van der Waals surface area contributed by atoms with Crippen molar-refractivity contribution in [2.75, 3.05) is 13.1 Å². The second-order valence-electron chi connectivity index (χ2n) is 6.05. The summed E-state index contributed by atoms with van der Waals surface area (Å²) in [4.78, 5) is 9.86. The molecule has 0 aliphatic rings. The largest absolute Gasteiger partial charge is 0.417 e. The van der Waals surface area contributed by atoms with Crippen molar-refractivity contribution in [2.45, 2.75) is 24.0 Å². The molecule has 0 radical (unpaired) electrons. The zero-order valence-corrected chi connectivity index (χ0v) is 17.9. The molecule has 2 N–H and O–H groups in total. The van der Waals surface area contributed by atoms with Crippen LogP contribution < -0.4 is 5.73 Å². The molecule has 0 saturated carbocycles. The number of likely N-dealkylation sites (N-methyl/N-ethyl adjacent to an activating group) is 1. The van der Waals surface area contributed by atoms with Gasteiger partial charge in [0.15, 0.2) is 0 Å². The van der Waals surface area contributed by atoms with E-state index in [1.807, 2.05) is 0 Å². The van der Waals surface area contributed by atoms with Crippen LogP contribution in [0.25, 0.3) is 0 Å². The van der Waals surface area contributed by atoms with Crippen LogP contribution in [-0.4, -0.2) is 30.7 Å². The molecular weight excluding hydrogens is 470 g/mol. The van der Waals surface area contributed by atoms with Crippen molar-refractivity contribution in [2.24, 2.45) is 5.73 Å². The Balaban J connectivity index is 0.00000450. The second-order valence-corrected chi connectivity index (χ2v) is 8.40. The minimum absolute atomic E-state index is 0. The quantitative estimate of drug-likeness (QED) is 0.460. The van der Waals surface area contributed by atoms with Gasteiger partial charge in [-0.05, 0) is 29.8 Å². The maximum atomic E-state index is 13.0. The van der Waals surface area contributed by atoms with E-state index in [1.165, 1.54) is 6.07 Å². The summed E-state index contributed by atoms with van der Waals surface area (Å²) in [6.45, 7) is 1.24. The van der Waals surface area contributed by atoms with Crippen LogP contribution in [0.1, 0.15) is 24.1 Å². The Kier molecular flexibility index (Phi) is 8.64. The summed E-state index contributed by atoms with van der Waals surface area (Å²) in [5.41, 5.74) is 4.70. The number of halogens is 5. The lowest BCUT2D eigenvalue weighted by Crippen LogP contribution is -2.37. The Morgan fingerprint density at radius 2 is 1.77 bits per heavy atom. The molecule has 7 nitrogen and oxygen atoms in total. The first-order valence-corrected chi connectivity index (χ1v) is 10.1. The minimum Gasteiger partial charge on any atom is -0.323 e. The first kappa shape index (κ1) is 26.1. The van der Waals surface area contributed by atoms with Crippen molar-refractivity contribution in [1.29, 1.82) is 0 Å². The fourth-order valence-electron chi connectivity index (χ4n) is 2.60. The van der Waals surface area contributed by atoms with E-state index in [1.54, 1.807) is 6.92 Å². The van der Waals surface area contributed by atoms with Gasteiger partial charge in [-0.25, -0.2) is 8.42 Å². The van der Waals surface area contributed by atoms with Crippen molar-refractivity contribution >= 4 is 39.7 Å². The molecule has 0 heterocycles. The summed E-state index contributed by atoms with van der Waals surface area (Å²) in [5.74, 6) is 0. The zero-order chi connectivity index (χ0) is 22.0. The molecule has 2 aromatic carbocycles. The topological polar surface area (TPSA) is 107 Å². The molecule has 0 spiro atoms. The Hall–Kier alpha value is -1.92. The number of nitro groups is 1. The Morgan fingerprint density at radius 1 is 1.20 bits per heavy atom. The second kappa shape index (κ2) is 9.92. The van der Waals surface area contributed by atoms with Crippen LogP contribution in [0.2, 0.25) is 5.02 Å². The smallest absolute Gasteiger partial charge is 0.323 e. The van der Waals surface area contributed by atoms with Gasteiger partial charge in [-0.1, -0.05) is 24.6 Å². The van der Waals surface area contributed by atoms with Gasteiger partial charge in [-0.3, -0.25) is 10.1 Å². The first-order valence-electron chi connectivity index (χ1n) is 8.24. The summed E-state index contributed by atoms with van der Waals surface area (Å²) in [6.07, 6.45) is -4.68. The number of rotatable bonds is 7. The number of nitro benzene ring substituents is 1. The Labute approximate surface area is 182 Å². The Morgan fingerprint density at radius 3 is 2.23 bits per heavy atom. The average Bonchev–Trinajstić information content (AvgIpc) is 2.65. The van der Waals surface area contributed by atoms with E-state index in [-0.39, 0.29) is 41.6 Å². The van der Waals surface area contributed by atoms with Gasteiger partial charge < -0.3 is 5.73 Å². The van der Waals surface area contributed by atoms with Gasteiger partial charge in [0, 0.05) is 31.3 Å². The Bertz CT molecular complexity index is 1000. The third kappa shape index (κ3) is 5.82. The highest BCUT2D eigenvalue weighted by molar-refractivity contribution is 7.89. The molecule has 0 aliphatic carbocycles. The maximum Gasteiger partial charge on any atom is 0.417 e. The van der Waals surface area contributed by atoms with Crippen LogP contribution in [-0.2, 0) is 16.2 Å². The molecule has 0 bridgehead atoms. The van der Waals surface area contributed by atoms with E-state index < -0.39 is 37.8 Å². The first-order chi connectivity index (χ1) is 13.4. The van der Waals surface area contributed by atoms with Crippen LogP contribution in [0.5, 0.6) is 0 Å². The van der Waals surface area contributed by atoms with Gasteiger partial charge in [0.05, 0.1) is 20.4 Å². The van der Waals surface area contributed by atoms with Gasteiger partial charge in [-0.2, -0.15) is 17.5 Å². The molecule has 0 saturated heterocycles. The number of alkyl halides is 3. The van der Waals surface area contributed by atoms with Crippen LogP contribution in [0.3, 0.4) is 0 Å². The molecule has 0 aromatic heterocycles. The van der Waals surface area contributed by atoms with E-state index in [0.29, 0.717) is 0 Å². The lowest BCUT2D eigenvalue weighted by molar-refractivity contribution is -0.384. The molecule has 166 valence electrons. The van der Waals surface area contributed by atoms with Crippen molar-refractivity contribution < 1.29 is 26.5 Å². The van der Waals surface area contributed by atoms with Gasteiger partial charge in [-0.15, -0.1) is 12.4 Å². The zero-order valence-electron chi connectivity index (χ0n) is 15.5. The lowest BCUT2D eigenvalue weighted by atomic mass is 10.0. The van der Waals surface area contributed by atoms with Crippen LogP contribution in [0.15, 0.2) is 47.4 Å². The minimum atomic E-state index is -4.68. The van der Waals surface area contributed by atoms with Gasteiger partial charge in [0.25, 0.3) is 5.69 Å². The van der Waals surface area contributed by atoms with Crippen LogP contribution in [0, 0.1) is 10.1 Å². The highest BCUT2D eigenvalue weighted by atomic mass is 35.5. The summed E-state index contributed by atoms with van der Waals surface area (Å²) in [6, 6.07) is 6.37. The normalized spacial score (nSPS) is 13.0. The van der Waals surface area contributed by atoms with E-state index in [0.717, 1.165) is 40.7 Å². The SMILES string of the molecule is CCN(C[C@H](N)c1ccc(Cl)c(C(F)(F)F)c1)S(=O)(=O)c1ccc([N+](=O)[O-])cc1.Cl. The summed E-state index contributed by atoms with van der Waals surface area (Å²) >= 11 is 5.59. The van der Waals surface area contributed by atoms with Gasteiger partial charge in [0.1, 0.15) is 0 Å². The molecule has 0 aliphatic heterocycles. The average molecular weight is 488 g/mol. The molecule has 0 amide bonds.